The van der Waals surface area contributed by atoms with E-state index in [9.17, 15) is 4.39 Å². The van der Waals surface area contributed by atoms with Crippen LogP contribution < -0.4 is 10.6 Å². The van der Waals surface area contributed by atoms with Gasteiger partial charge in [-0.25, -0.2) is 4.39 Å². The highest BCUT2D eigenvalue weighted by Crippen LogP contribution is 2.11. The zero-order chi connectivity index (χ0) is 14.2. The molecule has 1 aromatic carbocycles. The Hall–Kier alpha value is -1.53. The van der Waals surface area contributed by atoms with Gasteiger partial charge >= 0.3 is 0 Å². The molecule has 106 valence electrons. The molecule has 2 rings (SSSR count). The number of hydrogen-bond acceptors (Lipinski definition) is 3. The minimum Gasteiger partial charge on any atom is -0.468 e. The number of halogens is 1. The zero-order valence-corrected chi connectivity index (χ0v) is 12.4. The summed E-state index contributed by atoms with van der Waals surface area (Å²) in [5, 5.41) is 6.64. The third-order valence-electron chi connectivity index (χ3n) is 2.46. The first-order chi connectivity index (χ1) is 9.74. The van der Waals surface area contributed by atoms with Gasteiger partial charge in [0.15, 0.2) is 5.11 Å². The van der Waals surface area contributed by atoms with E-state index in [1.807, 2.05) is 12.1 Å². The molecule has 0 spiro atoms. The van der Waals surface area contributed by atoms with Crippen molar-refractivity contribution in [2.24, 2.45) is 0 Å². The number of nitrogens with one attached hydrogen (secondary N) is 2. The summed E-state index contributed by atoms with van der Waals surface area (Å²) >= 11 is 6.92. The summed E-state index contributed by atoms with van der Waals surface area (Å²) in [5.41, 5.74) is 0.770. The van der Waals surface area contributed by atoms with Crippen LogP contribution in [-0.4, -0.2) is 17.4 Å². The smallest absolute Gasteiger partial charge is 0.170 e. The predicted molar refractivity (Wildman–Crippen MR) is 85.5 cm³/mol. The maximum absolute atomic E-state index is 12.7. The van der Waals surface area contributed by atoms with Crippen LogP contribution in [0.1, 0.15) is 5.76 Å². The number of benzene rings is 1. The molecule has 0 bridgehead atoms. The highest BCUT2D eigenvalue weighted by molar-refractivity contribution is 7.98. The van der Waals surface area contributed by atoms with Crippen molar-refractivity contribution < 1.29 is 8.81 Å². The van der Waals surface area contributed by atoms with E-state index in [2.05, 4.69) is 10.6 Å². The van der Waals surface area contributed by atoms with Crippen LogP contribution >= 0.6 is 24.0 Å². The number of hydrogen-bond donors (Lipinski definition) is 2. The number of thiocarbonyl (C=S) groups is 1. The molecule has 0 amide bonds. The first-order valence-corrected chi connectivity index (χ1v) is 7.71. The number of thioether (sulfide) groups is 1. The maximum Gasteiger partial charge on any atom is 0.170 e. The third kappa shape index (κ3) is 5.22. The van der Waals surface area contributed by atoms with Gasteiger partial charge in [0.2, 0.25) is 0 Å². The fraction of sp³-hybridized carbons (Fsp3) is 0.214. The van der Waals surface area contributed by atoms with Gasteiger partial charge in [-0.15, -0.1) is 0 Å². The van der Waals surface area contributed by atoms with E-state index in [4.69, 9.17) is 16.6 Å². The summed E-state index contributed by atoms with van der Waals surface area (Å²) in [6, 6.07) is 9.93. The van der Waals surface area contributed by atoms with E-state index < -0.39 is 0 Å². The fourth-order valence-corrected chi connectivity index (χ4v) is 2.49. The molecule has 6 heteroatoms. The lowest BCUT2D eigenvalue weighted by Gasteiger charge is -2.10. The molecule has 2 N–H and O–H groups in total. The summed E-state index contributed by atoms with van der Waals surface area (Å²) in [6.45, 7) is 0.762. The summed E-state index contributed by atoms with van der Waals surface area (Å²) in [4.78, 5) is 0. The van der Waals surface area contributed by atoms with Crippen LogP contribution in [0.3, 0.4) is 0 Å². The molecule has 0 atom stereocenters. The van der Waals surface area contributed by atoms with E-state index in [0.717, 1.165) is 29.5 Å². The van der Waals surface area contributed by atoms with Crippen molar-refractivity contribution in [1.82, 2.24) is 5.32 Å². The van der Waals surface area contributed by atoms with Crippen molar-refractivity contribution in [3.05, 3.63) is 54.2 Å². The van der Waals surface area contributed by atoms with Gasteiger partial charge in [0, 0.05) is 18.0 Å². The molecule has 1 heterocycles. The fourth-order valence-electron chi connectivity index (χ4n) is 1.51. The molecule has 0 unspecified atom stereocenters. The van der Waals surface area contributed by atoms with Crippen LogP contribution in [-0.2, 0) is 5.75 Å². The Morgan fingerprint density at radius 2 is 2.05 bits per heavy atom. The van der Waals surface area contributed by atoms with Gasteiger partial charge in [0.05, 0.1) is 12.0 Å². The lowest BCUT2D eigenvalue weighted by atomic mass is 10.3. The molecule has 0 fully saturated rings. The first kappa shape index (κ1) is 14.9. The SMILES string of the molecule is Fc1ccc(NC(=S)NCCSCc2ccco2)cc1. The summed E-state index contributed by atoms with van der Waals surface area (Å²) in [6.07, 6.45) is 1.68. The molecule has 0 radical (unpaired) electrons. The quantitative estimate of drug-likeness (QED) is 0.629. The van der Waals surface area contributed by atoms with Crippen molar-refractivity contribution in [1.29, 1.82) is 0 Å². The number of anilines is 1. The van der Waals surface area contributed by atoms with E-state index in [1.165, 1.54) is 12.1 Å². The first-order valence-electron chi connectivity index (χ1n) is 6.14. The molecule has 1 aromatic heterocycles. The average molecular weight is 310 g/mol. The Balaban J connectivity index is 1.59. The molecular formula is C14H15FN2OS2. The van der Waals surface area contributed by atoms with Crippen LogP contribution in [0.4, 0.5) is 10.1 Å². The second kappa shape index (κ2) is 7.91. The number of furan rings is 1. The van der Waals surface area contributed by atoms with E-state index in [1.54, 1.807) is 30.2 Å². The van der Waals surface area contributed by atoms with Gasteiger partial charge in [0.25, 0.3) is 0 Å². The minimum atomic E-state index is -0.260. The second-order valence-electron chi connectivity index (χ2n) is 4.02. The lowest BCUT2D eigenvalue weighted by Crippen LogP contribution is -2.30. The molecule has 0 aliphatic heterocycles. The monoisotopic (exact) mass is 310 g/mol. The molecule has 20 heavy (non-hydrogen) atoms. The highest BCUT2D eigenvalue weighted by Gasteiger charge is 1.99. The molecule has 0 aliphatic rings. The Kier molecular flexibility index (Phi) is 5.88. The largest absolute Gasteiger partial charge is 0.468 e. The topological polar surface area (TPSA) is 37.2 Å². The number of rotatable bonds is 6. The van der Waals surface area contributed by atoms with Gasteiger partial charge in [-0.2, -0.15) is 11.8 Å². The second-order valence-corrected chi connectivity index (χ2v) is 5.53. The van der Waals surface area contributed by atoms with Crippen LogP contribution in [0, 0.1) is 5.82 Å². The van der Waals surface area contributed by atoms with Gasteiger partial charge < -0.3 is 15.1 Å². The molecule has 0 aliphatic carbocycles. The minimum absolute atomic E-state index is 0.260. The summed E-state index contributed by atoms with van der Waals surface area (Å²) < 4.78 is 18.0. The molecular weight excluding hydrogens is 295 g/mol. The molecule has 3 nitrogen and oxygen atoms in total. The van der Waals surface area contributed by atoms with Crippen LogP contribution in [0.2, 0.25) is 0 Å². The molecule has 2 aromatic rings. The summed E-state index contributed by atoms with van der Waals surface area (Å²) in [7, 11) is 0. The summed E-state index contributed by atoms with van der Waals surface area (Å²) in [5.74, 6) is 2.49. The standard InChI is InChI=1S/C14H15FN2OS2/c15-11-3-5-12(6-4-11)17-14(19)16-7-9-20-10-13-2-1-8-18-13/h1-6,8H,7,9-10H2,(H2,16,17,19). The van der Waals surface area contributed by atoms with E-state index in [-0.39, 0.29) is 5.82 Å². The average Bonchev–Trinajstić information content (AvgIpc) is 2.94. The Labute approximate surface area is 126 Å². The van der Waals surface area contributed by atoms with E-state index >= 15 is 0 Å². The lowest BCUT2D eigenvalue weighted by molar-refractivity contribution is 0.530. The van der Waals surface area contributed by atoms with Crippen molar-refractivity contribution in [2.45, 2.75) is 5.75 Å². The highest BCUT2D eigenvalue weighted by atomic mass is 32.2. The van der Waals surface area contributed by atoms with Crippen molar-refractivity contribution in [3.63, 3.8) is 0 Å². The third-order valence-corrected chi connectivity index (χ3v) is 3.69. The molecule has 0 saturated heterocycles. The van der Waals surface area contributed by atoms with Crippen LogP contribution in [0.5, 0.6) is 0 Å². The molecule has 0 saturated carbocycles. The van der Waals surface area contributed by atoms with Gasteiger partial charge in [-0.1, -0.05) is 0 Å². The Bertz CT molecular complexity index is 529. The zero-order valence-electron chi connectivity index (χ0n) is 10.8. The maximum atomic E-state index is 12.7. The van der Waals surface area contributed by atoms with E-state index in [0.29, 0.717) is 5.11 Å². The van der Waals surface area contributed by atoms with Gasteiger partial charge in [-0.3, -0.25) is 0 Å². The van der Waals surface area contributed by atoms with Gasteiger partial charge in [-0.05, 0) is 48.6 Å². The van der Waals surface area contributed by atoms with Crippen molar-refractivity contribution >= 4 is 34.8 Å². The van der Waals surface area contributed by atoms with Crippen molar-refractivity contribution in [3.8, 4) is 0 Å². The Morgan fingerprint density at radius 3 is 2.75 bits per heavy atom. The van der Waals surface area contributed by atoms with Crippen molar-refractivity contribution in [2.75, 3.05) is 17.6 Å². The van der Waals surface area contributed by atoms with Gasteiger partial charge in [0.1, 0.15) is 11.6 Å². The van der Waals surface area contributed by atoms with Crippen LogP contribution in [0.15, 0.2) is 47.1 Å². The normalized spacial score (nSPS) is 10.2. The predicted octanol–water partition coefficient (Wildman–Crippen LogP) is 3.64. The van der Waals surface area contributed by atoms with Crippen LogP contribution in [0.25, 0.3) is 0 Å². The Morgan fingerprint density at radius 1 is 1.25 bits per heavy atom.